The van der Waals surface area contributed by atoms with Crippen LogP contribution in [0.4, 0.5) is 0 Å². The molecule has 0 bridgehead atoms. The van der Waals surface area contributed by atoms with Crippen LogP contribution in [0.25, 0.3) is 0 Å². The van der Waals surface area contributed by atoms with Gasteiger partial charge in [0.2, 0.25) is 0 Å². The van der Waals surface area contributed by atoms with Crippen LogP contribution < -0.4 is 0 Å². The Balaban J connectivity index is 4.29. The first-order chi connectivity index (χ1) is 29.6. The number of hydrogen-bond donors (Lipinski definition) is 1. The van der Waals surface area contributed by atoms with Crippen LogP contribution in [-0.2, 0) is 28.6 Å². The molecular weight excluding hydrogens is 763 g/mol. The lowest BCUT2D eigenvalue weighted by Gasteiger charge is -2.31. The van der Waals surface area contributed by atoms with Gasteiger partial charge in [-0.3, -0.25) is 9.59 Å². The molecular formula is C53H98NO7+. The Kier molecular flexibility index (Phi) is 42.4. The minimum absolute atomic E-state index is 0.0485. The number of quaternary nitrogens is 1. The number of unbranched alkanes of at least 4 members (excludes halogenated alkanes) is 26. The zero-order chi connectivity index (χ0) is 44.9. The third-order valence-corrected chi connectivity index (χ3v) is 11.5. The molecule has 2 unspecified atom stereocenters. The topological polar surface area (TPSA) is 99.1 Å². The van der Waals surface area contributed by atoms with Crippen LogP contribution in [0, 0.1) is 0 Å². The monoisotopic (exact) mass is 861 g/mol. The number of aliphatic carboxylic acids is 1. The molecule has 0 aliphatic carbocycles. The van der Waals surface area contributed by atoms with E-state index in [1.807, 2.05) is 21.1 Å². The Morgan fingerprint density at radius 2 is 0.885 bits per heavy atom. The van der Waals surface area contributed by atoms with Crippen molar-refractivity contribution in [1.82, 2.24) is 0 Å². The first kappa shape index (κ1) is 58.6. The molecule has 0 aliphatic heterocycles. The van der Waals surface area contributed by atoms with Crippen LogP contribution in [0.15, 0.2) is 36.5 Å². The number of carbonyl (C=O) groups is 3. The highest BCUT2D eigenvalue weighted by Crippen LogP contribution is 2.16. The number of allylic oxidation sites excluding steroid dienone is 6. The van der Waals surface area contributed by atoms with Crippen LogP contribution in [-0.4, -0.2) is 80.6 Å². The van der Waals surface area contributed by atoms with Crippen molar-refractivity contribution in [3.63, 3.8) is 0 Å². The molecule has 0 radical (unpaired) electrons. The van der Waals surface area contributed by atoms with Gasteiger partial charge in [0.15, 0.2) is 12.1 Å². The summed E-state index contributed by atoms with van der Waals surface area (Å²) in [6, 6.07) is -0.621. The van der Waals surface area contributed by atoms with E-state index in [-0.39, 0.29) is 42.7 Å². The molecule has 0 saturated carbocycles. The highest BCUT2D eigenvalue weighted by atomic mass is 16.6. The van der Waals surface area contributed by atoms with Crippen molar-refractivity contribution in [3.05, 3.63) is 36.5 Å². The lowest BCUT2D eigenvalue weighted by atomic mass is 10.0. The average Bonchev–Trinajstić information content (AvgIpc) is 3.22. The average molecular weight is 861 g/mol. The molecule has 2 atom stereocenters. The van der Waals surface area contributed by atoms with Crippen molar-refractivity contribution in [3.8, 4) is 0 Å². The molecule has 0 aliphatic rings. The normalized spacial score (nSPS) is 13.1. The van der Waals surface area contributed by atoms with Gasteiger partial charge in [-0.25, -0.2) is 4.79 Å². The highest BCUT2D eigenvalue weighted by molar-refractivity contribution is 5.72. The summed E-state index contributed by atoms with van der Waals surface area (Å²) in [7, 11) is 5.53. The van der Waals surface area contributed by atoms with Gasteiger partial charge in [0.25, 0.3) is 0 Å². The third-order valence-electron chi connectivity index (χ3n) is 11.5. The smallest absolute Gasteiger partial charge is 0.362 e. The molecule has 0 fully saturated rings. The Hall–Kier alpha value is -2.45. The third kappa shape index (κ3) is 42.6. The van der Waals surface area contributed by atoms with E-state index in [2.05, 4.69) is 50.3 Å². The molecule has 0 rings (SSSR count). The van der Waals surface area contributed by atoms with Gasteiger partial charge in [0.1, 0.15) is 6.61 Å². The number of nitrogens with zero attached hydrogens (tertiary/aromatic N) is 1. The van der Waals surface area contributed by atoms with E-state index < -0.39 is 18.1 Å². The predicted octanol–water partition coefficient (Wildman–Crippen LogP) is 14.6. The van der Waals surface area contributed by atoms with Crippen LogP contribution in [0.5, 0.6) is 0 Å². The number of ether oxygens (including phenoxy) is 3. The van der Waals surface area contributed by atoms with E-state index >= 15 is 0 Å². The molecule has 0 heterocycles. The maximum atomic E-state index is 12.8. The summed E-state index contributed by atoms with van der Waals surface area (Å²) in [6.07, 6.45) is 52.0. The van der Waals surface area contributed by atoms with Crippen molar-refractivity contribution in [2.75, 3.05) is 41.0 Å². The van der Waals surface area contributed by atoms with E-state index in [0.29, 0.717) is 19.3 Å². The lowest BCUT2D eigenvalue weighted by molar-refractivity contribution is -0.887. The second-order valence-electron chi connectivity index (χ2n) is 18.4. The van der Waals surface area contributed by atoms with Crippen molar-refractivity contribution in [1.29, 1.82) is 0 Å². The van der Waals surface area contributed by atoms with E-state index in [9.17, 15) is 19.5 Å². The van der Waals surface area contributed by atoms with Crippen LogP contribution in [0.2, 0.25) is 0 Å². The number of rotatable bonds is 46. The molecule has 8 heteroatoms. The Morgan fingerprint density at radius 3 is 1.33 bits per heavy atom. The molecule has 0 aromatic carbocycles. The quantitative estimate of drug-likeness (QED) is 0.0282. The molecule has 0 aromatic rings. The molecule has 0 amide bonds. The summed E-state index contributed by atoms with van der Waals surface area (Å²) in [4.78, 5) is 37.1. The van der Waals surface area contributed by atoms with Crippen molar-refractivity contribution >= 4 is 17.9 Å². The molecule has 0 saturated heterocycles. The Bertz CT molecular complexity index is 1090. The van der Waals surface area contributed by atoms with E-state index in [1.165, 1.54) is 154 Å². The van der Waals surface area contributed by atoms with Crippen molar-refractivity contribution < 1.29 is 38.2 Å². The number of carboxylic acid groups (broad SMARTS) is 1. The minimum Gasteiger partial charge on any atom is -0.477 e. The summed E-state index contributed by atoms with van der Waals surface area (Å²) in [5.41, 5.74) is 0. The number of hydrogen-bond acceptors (Lipinski definition) is 6. The van der Waals surface area contributed by atoms with Crippen LogP contribution >= 0.6 is 0 Å². The van der Waals surface area contributed by atoms with Gasteiger partial charge < -0.3 is 23.8 Å². The summed E-state index contributed by atoms with van der Waals surface area (Å²) < 4.78 is 17.3. The van der Waals surface area contributed by atoms with Gasteiger partial charge in [-0.05, 0) is 44.9 Å². The zero-order valence-corrected chi connectivity index (χ0v) is 40.6. The first-order valence-corrected chi connectivity index (χ1v) is 25.5. The van der Waals surface area contributed by atoms with E-state index in [4.69, 9.17) is 14.2 Å². The van der Waals surface area contributed by atoms with Gasteiger partial charge >= 0.3 is 17.9 Å². The maximum Gasteiger partial charge on any atom is 0.362 e. The first-order valence-electron chi connectivity index (χ1n) is 25.5. The predicted molar refractivity (Wildman–Crippen MR) is 257 cm³/mol. The number of carbonyl (C=O) groups excluding carboxylic acids is 2. The SMILES string of the molecule is CCCCCCCC/C=C/C/C=C/C/C=C/CCCC(=O)OCC(COCCC(C(=O)O)[N+](C)(C)C)OC(=O)CCCCCCCCCCCCCCCCCCCCCC. The number of esters is 2. The van der Waals surface area contributed by atoms with Crippen LogP contribution in [0.3, 0.4) is 0 Å². The maximum absolute atomic E-state index is 12.8. The van der Waals surface area contributed by atoms with Crippen LogP contribution in [0.1, 0.15) is 232 Å². The van der Waals surface area contributed by atoms with Gasteiger partial charge in [-0.2, -0.15) is 0 Å². The van der Waals surface area contributed by atoms with Gasteiger partial charge in [-0.15, -0.1) is 0 Å². The fourth-order valence-electron chi connectivity index (χ4n) is 7.58. The summed E-state index contributed by atoms with van der Waals surface area (Å²) in [5, 5.41) is 9.65. The van der Waals surface area contributed by atoms with Gasteiger partial charge in [0, 0.05) is 19.3 Å². The molecule has 1 N–H and O–H groups in total. The largest absolute Gasteiger partial charge is 0.477 e. The van der Waals surface area contributed by atoms with Gasteiger partial charge in [-0.1, -0.05) is 204 Å². The number of likely N-dealkylation sites (N-methyl/N-ethyl adjacent to an activating group) is 1. The fraction of sp³-hybridized carbons (Fsp3) is 0.830. The fourth-order valence-corrected chi connectivity index (χ4v) is 7.58. The van der Waals surface area contributed by atoms with Crippen molar-refractivity contribution in [2.45, 2.75) is 244 Å². The second-order valence-corrected chi connectivity index (χ2v) is 18.4. The zero-order valence-electron chi connectivity index (χ0n) is 40.6. The van der Waals surface area contributed by atoms with Gasteiger partial charge in [0.05, 0.1) is 34.4 Å². The van der Waals surface area contributed by atoms with E-state index in [0.717, 1.165) is 38.5 Å². The molecule has 0 aromatic heterocycles. The Morgan fingerprint density at radius 1 is 0.492 bits per heavy atom. The summed E-state index contributed by atoms with van der Waals surface area (Å²) in [5.74, 6) is -1.52. The molecule has 0 spiro atoms. The van der Waals surface area contributed by atoms with Crippen molar-refractivity contribution in [2.24, 2.45) is 0 Å². The lowest BCUT2D eigenvalue weighted by Crippen LogP contribution is -2.50. The number of carboxylic acids is 1. The summed E-state index contributed by atoms with van der Waals surface area (Å²) in [6.45, 7) is 4.71. The highest BCUT2D eigenvalue weighted by Gasteiger charge is 2.31. The standard InChI is InChI=1S/C53H97NO7/c1-6-8-10-12-14-16-18-20-22-24-25-26-28-30-32-34-36-38-40-42-44-52(56)61-49(47-59-46-45-50(53(57)58)54(3,4)5)48-60-51(55)43-41-39-37-35-33-31-29-27-23-21-19-17-15-13-11-9-7-2/h21,23,29,31,35,37,49-50H,6-20,22,24-28,30,32-34,36,38-48H2,1-5H3/p+1/b23-21+,31-29+,37-35+. The molecule has 8 nitrogen and oxygen atoms in total. The minimum atomic E-state index is -0.879. The summed E-state index contributed by atoms with van der Waals surface area (Å²) >= 11 is 0. The second kappa shape index (κ2) is 44.2. The molecule has 356 valence electrons. The van der Waals surface area contributed by atoms with E-state index in [1.54, 1.807) is 0 Å². The molecule has 61 heavy (non-hydrogen) atoms. The Labute approximate surface area is 376 Å².